The molecule has 0 saturated carbocycles. The minimum Gasteiger partial charge on any atom is -0.331 e. The van der Waals surface area contributed by atoms with Crippen LogP contribution >= 0.6 is 0 Å². The molecule has 1 heterocycles. The van der Waals surface area contributed by atoms with Gasteiger partial charge in [-0.25, -0.2) is 4.79 Å². The highest BCUT2D eigenvalue weighted by Crippen LogP contribution is 2.20. The van der Waals surface area contributed by atoms with E-state index in [2.05, 4.69) is 47.4 Å². The minimum atomic E-state index is 0.1000. The summed E-state index contributed by atoms with van der Waals surface area (Å²) in [7, 11) is 5.55. The summed E-state index contributed by atoms with van der Waals surface area (Å²) in [5.41, 5.74) is 1.37. The van der Waals surface area contributed by atoms with Gasteiger partial charge in [-0.3, -0.25) is 4.90 Å². The molecule has 2 aromatic rings. The van der Waals surface area contributed by atoms with Crippen LogP contribution in [0, 0.1) is 0 Å². The van der Waals surface area contributed by atoms with Gasteiger partial charge in [0.05, 0.1) is 0 Å². The first-order valence-electron chi connectivity index (χ1n) is 8.69. The van der Waals surface area contributed by atoms with E-state index in [0.717, 1.165) is 32.5 Å². The van der Waals surface area contributed by atoms with E-state index in [0.29, 0.717) is 6.04 Å². The van der Waals surface area contributed by atoms with E-state index in [1.54, 1.807) is 4.90 Å². The number of hydrogen-bond donors (Lipinski definition) is 0. The van der Waals surface area contributed by atoms with Crippen molar-refractivity contribution < 1.29 is 4.79 Å². The van der Waals surface area contributed by atoms with Crippen molar-refractivity contribution in [3.05, 3.63) is 48.0 Å². The number of likely N-dealkylation sites (tertiary alicyclic amines) is 1. The summed E-state index contributed by atoms with van der Waals surface area (Å²) in [6, 6.07) is 15.7. The molecule has 1 aliphatic heterocycles. The Bertz CT molecular complexity index is 705. The van der Waals surface area contributed by atoms with Gasteiger partial charge in [0.15, 0.2) is 0 Å². The van der Waals surface area contributed by atoms with Crippen LogP contribution in [0.4, 0.5) is 4.79 Å². The molecule has 2 aromatic carbocycles. The van der Waals surface area contributed by atoms with Gasteiger partial charge in [-0.15, -0.1) is 0 Å². The smallest absolute Gasteiger partial charge is 0.319 e. The molecular formula is C20H27N3O. The first kappa shape index (κ1) is 16.8. The highest BCUT2D eigenvalue weighted by molar-refractivity contribution is 5.82. The van der Waals surface area contributed by atoms with Crippen molar-refractivity contribution >= 4 is 16.8 Å². The molecule has 0 atom stereocenters. The van der Waals surface area contributed by atoms with E-state index in [4.69, 9.17) is 0 Å². The van der Waals surface area contributed by atoms with Crippen molar-refractivity contribution in [2.45, 2.75) is 25.4 Å². The van der Waals surface area contributed by atoms with Gasteiger partial charge in [-0.2, -0.15) is 0 Å². The lowest BCUT2D eigenvalue weighted by atomic mass is 10.0. The molecule has 3 rings (SSSR count). The lowest BCUT2D eigenvalue weighted by Gasteiger charge is -2.37. The Morgan fingerprint density at radius 2 is 1.71 bits per heavy atom. The van der Waals surface area contributed by atoms with Crippen molar-refractivity contribution in [3.8, 4) is 0 Å². The average molecular weight is 325 g/mol. The largest absolute Gasteiger partial charge is 0.331 e. The molecule has 4 nitrogen and oxygen atoms in total. The van der Waals surface area contributed by atoms with Gasteiger partial charge < -0.3 is 9.80 Å². The summed E-state index contributed by atoms with van der Waals surface area (Å²) in [5.74, 6) is 0. The molecule has 0 radical (unpaired) electrons. The van der Waals surface area contributed by atoms with Crippen molar-refractivity contribution in [2.75, 3.05) is 34.2 Å². The molecule has 0 aromatic heterocycles. The van der Waals surface area contributed by atoms with E-state index >= 15 is 0 Å². The Kier molecular flexibility index (Phi) is 5.05. The van der Waals surface area contributed by atoms with Gasteiger partial charge in [0.2, 0.25) is 0 Å². The molecule has 4 heteroatoms. The third-order valence-electron chi connectivity index (χ3n) is 5.01. The highest BCUT2D eigenvalue weighted by Gasteiger charge is 2.26. The van der Waals surface area contributed by atoms with E-state index in [1.165, 1.54) is 16.3 Å². The van der Waals surface area contributed by atoms with Crippen molar-refractivity contribution in [1.29, 1.82) is 0 Å². The van der Waals surface area contributed by atoms with Crippen LogP contribution in [0.3, 0.4) is 0 Å². The molecule has 0 bridgehead atoms. The molecule has 1 aliphatic rings. The van der Waals surface area contributed by atoms with E-state index in [9.17, 15) is 4.79 Å². The normalized spacial score (nSPS) is 16.3. The maximum Gasteiger partial charge on any atom is 0.319 e. The van der Waals surface area contributed by atoms with Crippen molar-refractivity contribution in [2.24, 2.45) is 0 Å². The fourth-order valence-corrected chi connectivity index (χ4v) is 3.53. The predicted octanol–water partition coefficient (Wildman–Crippen LogP) is 3.42. The molecule has 1 fully saturated rings. The maximum absolute atomic E-state index is 12.1. The fourth-order valence-electron chi connectivity index (χ4n) is 3.53. The fraction of sp³-hybridized carbons (Fsp3) is 0.450. The maximum atomic E-state index is 12.1. The topological polar surface area (TPSA) is 26.8 Å². The second kappa shape index (κ2) is 7.22. The second-order valence-corrected chi connectivity index (χ2v) is 6.98. The van der Waals surface area contributed by atoms with Gasteiger partial charge in [0.25, 0.3) is 0 Å². The lowest BCUT2D eigenvalue weighted by molar-refractivity contribution is 0.118. The van der Waals surface area contributed by atoms with Crippen LogP contribution in [0.5, 0.6) is 0 Å². The van der Waals surface area contributed by atoms with Gasteiger partial charge >= 0.3 is 6.03 Å². The van der Waals surface area contributed by atoms with Crippen LogP contribution in [0.1, 0.15) is 18.4 Å². The summed E-state index contributed by atoms with van der Waals surface area (Å²) < 4.78 is 0. The summed E-state index contributed by atoms with van der Waals surface area (Å²) in [6.45, 7) is 3.08. The van der Waals surface area contributed by atoms with Crippen LogP contribution in [-0.2, 0) is 6.54 Å². The minimum absolute atomic E-state index is 0.1000. The van der Waals surface area contributed by atoms with E-state index in [-0.39, 0.29) is 6.03 Å². The Morgan fingerprint density at radius 3 is 2.38 bits per heavy atom. The number of benzene rings is 2. The molecule has 0 spiro atoms. The first-order valence-corrected chi connectivity index (χ1v) is 8.69. The molecule has 24 heavy (non-hydrogen) atoms. The van der Waals surface area contributed by atoms with Crippen LogP contribution in [0.2, 0.25) is 0 Å². The zero-order valence-electron chi connectivity index (χ0n) is 14.9. The molecule has 128 valence electrons. The van der Waals surface area contributed by atoms with Gasteiger partial charge in [0, 0.05) is 46.8 Å². The number of fused-ring (bicyclic) bond motifs is 1. The second-order valence-electron chi connectivity index (χ2n) is 6.98. The van der Waals surface area contributed by atoms with Gasteiger partial charge in [-0.05, 0) is 35.2 Å². The molecule has 0 aliphatic carbocycles. The van der Waals surface area contributed by atoms with Crippen LogP contribution in [0.25, 0.3) is 10.8 Å². The third kappa shape index (κ3) is 3.70. The number of hydrogen-bond acceptors (Lipinski definition) is 2. The molecule has 0 unspecified atom stereocenters. The molecule has 0 N–H and O–H groups in total. The van der Waals surface area contributed by atoms with Gasteiger partial charge in [0.1, 0.15) is 0 Å². The summed E-state index contributed by atoms with van der Waals surface area (Å²) in [5, 5.41) is 2.60. The number of urea groups is 1. The summed E-state index contributed by atoms with van der Waals surface area (Å²) in [4.78, 5) is 18.1. The third-order valence-corrected chi connectivity index (χ3v) is 5.01. The summed E-state index contributed by atoms with van der Waals surface area (Å²) >= 11 is 0. The van der Waals surface area contributed by atoms with E-state index in [1.807, 2.05) is 26.0 Å². The average Bonchev–Trinajstić information content (AvgIpc) is 2.61. The first-order chi connectivity index (χ1) is 11.5. The Morgan fingerprint density at radius 1 is 1.04 bits per heavy atom. The number of carbonyl (C=O) groups excluding carboxylic acids is 1. The Labute approximate surface area is 144 Å². The van der Waals surface area contributed by atoms with Crippen LogP contribution in [0.15, 0.2) is 42.5 Å². The quantitative estimate of drug-likeness (QED) is 0.864. The number of rotatable bonds is 3. The number of amides is 2. The molecule has 1 saturated heterocycles. The predicted molar refractivity (Wildman–Crippen MR) is 99.1 cm³/mol. The highest BCUT2D eigenvalue weighted by atomic mass is 16.2. The van der Waals surface area contributed by atoms with Crippen molar-refractivity contribution in [1.82, 2.24) is 14.7 Å². The van der Waals surface area contributed by atoms with Crippen molar-refractivity contribution in [3.63, 3.8) is 0 Å². The molecule has 2 amide bonds. The van der Waals surface area contributed by atoms with Crippen LogP contribution < -0.4 is 0 Å². The van der Waals surface area contributed by atoms with E-state index < -0.39 is 0 Å². The van der Waals surface area contributed by atoms with Gasteiger partial charge in [-0.1, -0.05) is 36.4 Å². The summed E-state index contributed by atoms with van der Waals surface area (Å²) in [6.07, 6.45) is 2.09. The zero-order chi connectivity index (χ0) is 17.1. The standard InChI is InChI=1S/C20H27N3O/c1-21(2)20(24)22(3)19-10-12-23(13-11-19)15-16-8-9-17-6-4-5-7-18(17)14-16/h4-9,14,19H,10-13,15H2,1-3H3. The lowest BCUT2D eigenvalue weighted by Crippen LogP contribution is -2.48. The Balaban J connectivity index is 1.57. The number of piperidine rings is 1. The number of nitrogens with zero attached hydrogens (tertiary/aromatic N) is 3. The SMILES string of the molecule is CN(C)C(=O)N(C)C1CCN(Cc2ccc3ccccc3c2)CC1. The Hall–Kier alpha value is -2.07. The zero-order valence-corrected chi connectivity index (χ0v) is 14.9. The number of carbonyl (C=O) groups is 1. The monoisotopic (exact) mass is 325 g/mol. The molecular weight excluding hydrogens is 298 g/mol. The van der Waals surface area contributed by atoms with Crippen LogP contribution in [-0.4, -0.2) is 61.0 Å².